The third-order valence-corrected chi connectivity index (χ3v) is 4.61. The van der Waals surface area contributed by atoms with Crippen molar-refractivity contribution in [2.45, 2.75) is 58.8 Å². The lowest BCUT2D eigenvalue weighted by molar-refractivity contribution is -0.172. The second-order valence-electron chi connectivity index (χ2n) is 5.35. The van der Waals surface area contributed by atoms with Crippen molar-refractivity contribution in [2.24, 2.45) is 17.3 Å². The van der Waals surface area contributed by atoms with Crippen LogP contribution in [-0.4, -0.2) is 22.2 Å². The predicted molar refractivity (Wildman–Crippen MR) is 68.4 cm³/mol. The molecule has 0 spiro atoms. The van der Waals surface area contributed by atoms with E-state index < -0.39 is 17.4 Å². The lowest BCUT2D eigenvalue weighted by atomic mass is 9.63. The first-order valence-electron chi connectivity index (χ1n) is 6.97. The fraction of sp³-hybridized carbons (Fsp3) is 0.857. The number of hydrogen-bond donors (Lipinski definition) is 2. The summed E-state index contributed by atoms with van der Waals surface area (Å²) in [5.74, 6) is -2.35. The Labute approximate surface area is 108 Å². The number of carboxylic acids is 2. The highest BCUT2D eigenvalue weighted by Crippen LogP contribution is 2.44. The Morgan fingerprint density at radius 2 is 1.61 bits per heavy atom. The van der Waals surface area contributed by atoms with Crippen LogP contribution in [0.4, 0.5) is 0 Å². The summed E-state index contributed by atoms with van der Waals surface area (Å²) in [6.07, 6.45) is 6.11. The van der Waals surface area contributed by atoms with Crippen molar-refractivity contribution in [1.82, 2.24) is 0 Å². The summed E-state index contributed by atoms with van der Waals surface area (Å²) in [7, 11) is 0. The van der Waals surface area contributed by atoms with E-state index in [0.717, 1.165) is 25.7 Å². The summed E-state index contributed by atoms with van der Waals surface area (Å²) in [6, 6.07) is 0. The SMILES string of the molecule is CCC(C1CCCCC1)C(CC)(C(=O)O)C(=O)O. The molecular formula is C14H24O4. The van der Waals surface area contributed by atoms with Gasteiger partial charge in [0.2, 0.25) is 0 Å². The molecule has 0 aromatic rings. The normalized spacial score (nSPS) is 19.4. The van der Waals surface area contributed by atoms with Crippen LogP contribution in [0.15, 0.2) is 0 Å². The average Bonchev–Trinajstić information content (AvgIpc) is 2.35. The average molecular weight is 256 g/mol. The summed E-state index contributed by atoms with van der Waals surface area (Å²) in [5, 5.41) is 18.9. The highest BCUT2D eigenvalue weighted by Gasteiger charge is 2.53. The molecule has 1 aliphatic rings. The first-order chi connectivity index (χ1) is 8.50. The molecule has 1 fully saturated rings. The van der Waals surface area contributed by atoms with Gasteiger partial charge in [0.25, 0.3) is 0 Å². The molecule has 2 N–H and O–H groups in total. The number of carbonyl (C=O) groups is 2. The summed E-state index contributed by atoms with van der Waals surface area (Å²) >= 11 is 0. The van der Waals surface area contributed by atoms with Gasteiger partial charge in [0.05, 0.1) is 0 Å². The monoisotopic (exact) mass is 256 g/mol. The van der Waals surface area contributed by atoms with Gasteiger partial charge in [-0.15, -0.1) is 0 Å². The third kappa shape index (κ3) is 2.52. The highest BCUT2D eigenvalue weighted by atomic mass is 16.4. The molecule has 0 radical (unpaired) electrons. The standard InChI is InChI=1S/C14H24O4/c1-3-11(10-8-6-5-7-9-10)14(4-2,12(15)16)13(17)18/h10-11H,3-9H2,1-2H3,(H,15,16)(H,17,18). The first-order valence-corrected chi connectivity index (χ1v) is 6.97. The second-order valence-corrected chi connectivity index (χ2v) is 5.35. The molecular weight excluding hydrogens is 232 g/mol. The molecule has 1 saturated carbocycles. The van der Waals surface area contributed by atoms with Crippen molar-refractivity contribution in [3.63, 3.8) is 0 Å². The molecule has 0 bridgehead atoms. The molecule has 1 unspecified atom stereocenters. The van der Waals surface area contributed by atoms with E-state index in [4.69, 9.17) is 0 Å². The van der Waals surface area contributed by atoms with E-state index in [0.29, 0.717) is 6.42 Å². The van der Waals surface area contributed by atoms with E-state index in [1.54, 1.807) is 6.92 Å². The van der Waals surface area contributed by atoms with Gasteiger partial charge in [0, 0.05) is 0 Å². The van der Waals surface area contributed by atoms with Crippen molar-refractivity contribution >= 4 is 11.9 Å². The van der Waals surface area contributed by atoms with Gasteiger partial charge in [-0.05, 0) is 18.3 Å². The van der Waals surface area contributed by atoms with Crippen molar-refractivity contribution in [3.8, 4) is 0 Å². The van der Waals surface area contributed by atoms with Crippen LogP contribution < -0.4 is 0 Å². The van der Waals surface area contributed by atoms with Crippen LogP contribution in [0.2, 0.25) is 0 Å². The van der Waals surface area contributed by atoms with Crippen LogP contribution in [0.1, 0.15) is 58.8 Å². The molecule has 0 aromatic carbocycles. The van der Waals surface area contributed by atoms with Gasteiger partial charge in [0.1, 0.15) is 0 Å². The molecule has 1 atom stereocenters. The Hall–Kier alpha value is -1.06. The highest BCUT2D eigenvalue weighted by molar-refractivity contribution is 5.98. The Bertz CT molecular complexity index is 291. The largest absolute Gasteiger partial charge is 0.480 e. The van der Waals surface area contributed by atoms with Crippen LogP contribution in [0, 0.1) is 17.3 Å². The zero-order chi connectivity index (χ0) is 13.8. The smallest absolute Gasteiger partial charge is 0.321 e. The number of aliphatic carboxylic acids is 2. The quantitative estimate of drug-likeness (QED) is 0.716. The van der Waals surface area contributed by atoms with E-state index in [1.807, 2.05) is 6.92 Å². The van der Waals surface area contributed by atoms with Gasteiger partial charge in [-0.1, -0.05) is 52.4 Å². The van der Waals surface area contributed by atoms with E-state index >= 15 is 0 Å². The van der Waals surface area contributed by atoms with Gasteiger partial charge < -0.3 is 10.2 Å². The molecule has 4 nitrogen and oxygen atoms in total. The zero-order valence-corrected chi connectivity index (χ0v) is 11.3. The van der Waals surface area contributed by atoms with Crippen molar-refractivity contribution in [3.05, 3.63) is 0 Å². The third-order valence-electron chi connectivity index (χ3n) is 4.61. The van der Waals surface area contributed by atoms with Gasteiger partial charge in [0.15, 0.2) is 5.41 Å². The Kier molecular flexibility index (Phi) is 5.17. The maximum Gasteiger partial charge on any atom is 0.321 e. The molecule has 18 heavy (non-hydrogen) atoms. The maximum atomic E-state index is 11.6. The second kappa shape index (κ2) is 6.21. The number of rotatable bonds is 6. The minimum absolute atomic E-state index is 0.159. The lowest BCUT2D eigenvalue weighted by Gasteiger charge is -2.39. The molecule has 4 heteroatoms. The van der Waals surface area contributed by atoms with Crippen LogP contribution in [-0.2, 0) is 9.59 Å². The van der Waals surface area contributed by atoms with Crippen LogP contribution >= 0.6 is 0 Å². The summed E-state index contributed by atoms with van der Waals surface area (Å²) < 4.78 is 0. The molecule has 0 amide bonds. The van der Waals surface area contributed by atoms with Crippen LogP contribution in [0.25, 0.3) is 0 Å². The lowest BCUT2D eigenvalue weighted by Crippen LogP contribution is -2.48. The van der Waals surface area contributed by atoms with E-state index in [-0.39, 0.29) is 18.3 Å². The first kappa shape index (κ1) is 15.0. The Morgan fingerprint density at radius 1 is 1.11 bits per heavy atom. The van der Waals surface area contributed by atoms with Gasteiger partial charge in [-0.25, -0.2) is 0 Å². The summed E-state index contributed by atoms with van der Waals surface area (Å²) in [4.78, 5) is 23.1. The molecule has 104 valence electrons. The van der Waals surface area contributed by atoms with Crippen LogP contribution in [0.3, 0.4) is 0 Å². The molecule has 0 aromatic heterocycles. The minimum Gasteiger partial charge on any atom is -0.480 e. The summed E-state index contributed by atoms with van der Waals surface area (Å²) in [6.45, 7) is 3.59. The molecule has 0 heterocycles. The van der Waals surface area contributed by atoms with Gasteiger partial charge >= 0.3 is 11.9 Å². The number of carboxylic acid groups (broad SMARTS) is 2. The Morgan fingerprint density at radius 3 is 1.94 bits per heavy atom. The molecule has 1 aliphatic carbocycles. The molecule has 0 saturated heterocycles. The molecule has 0 aliphatic heterocycles. The summed E-state index contributed by atoms with van der Waals surface area (Å²) in [5.41, 5.74) is -1.60. The van der Waals surface area contributed by atoms with Gasteiger partial charge in [-0.2, -0.15) is 0 Å². The van der Waals surface area contributed by atoms with Gasteiger partial charge in [-0.3, -0.25) is 9.59 Å². The van der Waals surface area contributed by atoms with E-state index in [9.17, 15) is 19.8 Å². The van der Waals surface area contributed by atoms with Crippen molar-refractivity contribution < 1.29 is 19.8 Å². The molecule has 1 rings (SSSR count). The number of hydrogen-bond acceptors (Lipinski definition) is 2. The zero-order valence-electron chi connectivity index (χ0n) is 11.3. The van der Waals surface area contributed by atoms with Crippen LogP contribution in [0.5, 0.6) is 0 Å². The topological polar surface area (TPSA) is 74.6 Å². The maximum absolute atomic E-state index is 11.6. The van der Waals surface area contributed by atoms with E-state index in [1.165, 1.54) is 6.42 Å². The van der Waals surface area contributed by atoms with Crippen molar-refractivity contribution in [1.29, 1.82) is 0 Å². The fourth-order valence-electron chi connectivity index (χ4n) is 3.59. The van der Waals surface area contributed by atoms with Crippen molar-refractivity contribution in [2.75, 3.05) is 0 Å². The Balaban J connectivity index is 3.06. The predicted octanol–water partition coefficient (Wildman–Crippen LogP) is 3.16. The minimum atomic E-state index is -1.60. The fourth-order valence-corrected chi connectivity index (χ4v) is 3.59. The van der Waals surface area contributed by atoms with E-state index in [2.05, 4.69) is 0 Å².